The molecule has 1 heteroatoms. The first-order valence-corrected chi connectivity index (χ1v) is 6.00. The lowest BCUT2D eigenvalue weighted by Gasteiger charge is -1.99. The van der Waals surface area contributed by atoms with Crippen molar-refractivity contribution >= 4 is 0 Å². The molecule has 1 aromatic carbocycles. The molecule has 1 aliphatic carbocycles. The van der Waals surface area contributed by atoms with E-state index in [0.29, 0.717) is 6.42 Å². The summed E-state index contributed by atoms with van der Waals surface area (Å²) < 4.78 is 14.1. The van der Waals surface area contributed by atoms with E-state index >= 15 is 0 Å². The second kappa shape index (κ2) is 4.70. The lowest BCUT2D eigenvalue weighted by molar-refractivity contribution is 0.382. The lowest BCUT2D eigenvalue weighted by atomic mass is 10.1. The highest BCUT2D eigenvalue weighted by Gasteiger charge is 2.55. The van der Waals surface area contributed by atoms with E-state index in [0.717, 1.165) is 24.8 Å². The minimum Gasteiger partial charge on any atom is -0.229 e. The summed E-state index contributed by atoms with van der Waals surface area (Å²) in [6.45, 7) is 2.12. The second-order valence-corrected chi connectivity index (χ2v) is 4.44. The Labute approximate surface area is 96.9 Å². The van der Waals surface area contributed by atoms with Crippen molar-refractivity contribution in [1.29, 1.82) is 0 Å². The zero-order valence-electron chi connectivity index (χ0n) is 9.67. The van der Waals surface area contributed by atoms with Crippen molar-refractivity contribution in [3.8, 4) is 11.8 Å². The Kier molecular flexibility index (Phi) is 3.29. The third-order valence-electron chi connectivity index (χ3n) is 3.05. The molecule has 0 bridgehead atoms. The predicted octanol–water partition coefficient (Wildman–Crippen LogP) is 4.08. The molecule has 2 rings (SSSR count). The Balaban J connectivity index is 1.95. The minimum atomic E-state index is -1.24. The third kappa shape index (κ3) is 2.44. The van der Waals surface area contributed by atoms with Gasteiger partial charge in [-0.2, -0.15) is 0 Å². The quantitative estimate of drug-likeness (QED) is 0.527. The molecule has 0 aliphatic heterocycles. The molecule has 2 atom stereocenters. The molecule has 1 unspecified atom stereocenters. The van der Waals surface area contributed by atoms with Gasteiger partial charge in [0.2, 0.25) is 0 Å². The van der Waals surface area contributed by atoms with Crippen LogP contribution in [-0.4, -0.2) is 5.67 Å². The highest BCUT2D eigenvalue weighted by molar-refractivity contribution is 5.39. The summed E-state index contributed by atoms with van der Waals surface area (Å²) in [5.41, 5.74) is -0.162. The van der Waals surface area contributed by atoms with Gasteiger partial charge in [-0.1, -0.05) is 55.5 Å². The van der Waals surface area contributed by atoms with E-state index in [9.17, 15) is 4.39 Å². The average molecular weight is 216 g/mol. The normalized spacial score (nSPS) is 27.0. The molecular formula is C15H17F. The van der Waals surface area contributed by atoms with Crippen LogP contribution in [0.2, 0.25) is 0 Å². The van der Waals surface area contributed by atoms with Crippen LogP contribution in [-0.2, 0) is 0 Å². The molecule has 0 N–H and O–H groups in total. The summed E-state index contributed by atoms with van der Waals surface area (Å²) in [7, 11) is 0. The highest BCUT2D eigenvalue weighted by atomic mass is 19.1. The number of rotatable bonds is 3. The molecule has 1 aliphatic rings. The number of hydrogen-bond acceptors (Lipinski definition) is 0. The number of hydrogen-bond donors (Lipinski definition) is 0. The van der Waals surface area contributed by atoms with E-state index in [-0.39, 0.29) is 5.92 Å². The summed E-state index contributed by atoms with van der Waals surface area (Å²) in [5, 5.41) is 0. The molecule has 1 aromatic rings. The molecule has 0 nitrogen and oxygen atoms in total. The molecule has 0 heterocycles. The van der Waals surface area contributed by atoms with Crippen LogP contribution in [0.1, 0.15) is 44.1 Å². The van der Waals surface area contributed by atoms with Crippen molar-refractivity contribution in [2.24, 2.45) is 0 Å². The topological polar surface area (TPSA) is 0 Å². The van der Waals surface area contributed by atoms with Crippen LogP contribution in [0, 0.1) is 11.8 Å². The van der Waals surface area contributed by atoms with E-state index in [1.807, 2.05) is 30.3 Å². The Morgan fingerprint density at radius 3 is 2.81 bits per heavy atom. The Morgan fingerprint density at radius 1 is 1.38 bits per heavy atom. The van der Waals surface area contributed by atoms with E-state index in [1.165, 1.54) is 0 Å². The molecule has 16 heavy (non-hydrogen) atoms. The first-order chi connectivity index (χ1) is 7.76. The molecule has 84 valence electrons. The maximum Gasteiger partial charge on any atom is 0.178 e. The Morgan fingerprint density at radius 2 is 2.12 bits per heavy atom. The summed E-state index contributed by atoms with van der Waals surface area (Å²) in [4.78, 5) is 0. The monoisotopic (exact) mass is 216 g/mol. The summed E-state index contributed by atoms with van der Waals surface area (Å²) in [5.74, 6) is 5.77. The summed E-state index contributed by atoms with van der Waals surface area (Å²) in [6.07, 6.45) is 3.58. The molecule has 0 spiro atoms. The van der Waals surface area contributed by atoms with Gasteiger partial charge >= 0.3 is 0 Å². The van der Waals surface area contributed by atoms with Crippen LogP contribution in [0.15, 0.2) is 30.3 Å². The molecular weight excluding hydrogens is 199 g/mol. The smallest absolute Gasteiger partial charge is 0.178 e. The maximum atomic E-state index is 14.1. The zero-order valence-corrected chi connectivity index (χ0v) is 9.67. The van der Waals surface area contributed by atoms with Crippen LogP contribution in [0.5, 0.6) is 0 Å². The van der Waals surface area contributed by atoms with Crippen molar-refractivity contribution in [3.63, 3.8) is 0 Å². The van der Waals surface area contributed by atoms with Gasteiger partial charge < -0.3 is 0 Å². The summed E-state index contributed by atoms with van der Waals surface area (Å²) >= 11 is 0. The predicted molar refractivity (Wildman–Crippen MR) is 64.9 cm³/mol. The molecule has 0 amide bonds. The number of halogens is 1. The zero-order chi connectivity index (χ0) is 11.4. The fourth-order valence-electron chi connectivity index (χ4n) is 1.92. The van der Waals surface area contributed by atoms with Crippen LogP contribution in [0.25, 0.3) is 0 Å². The molecule has 0 radical (unpaired) electrons. The van der Waals surface area contributed by atoms with Crippen molar-refractivity contribution in [1.82, 2.24) is 0 Å². The highest BCUT2D eigenvalue weighted by Crippen LogP contribution is 2.54. The summed E-state index contributed by atoms with van der Waals surface area (Å²) in [6, 6.07) is 9.84. The number of alkyl halides is 1. The van der Waals surface area contributed by atoms with Crippen LogP contribution >= 0.6 is 0 Å². The largest absolute Gasteiger partial charge is 0.229 e. The number of benzene rings is 1. The first-order valence-electron chi connectivity index (χ1n) is 6.00. The van der Waals surface area contributed by atoms with Crippen molar-refractivity contribution in [3.05, 3.63) is 35.9 Å². The molecule has 0 aromatic heterocycles. The molecule has 1 fully saturated rings. The van der Waals surface area contributed by atoms with Gasteiger partial charge in [-0.25, -0.2) is 4.39 Å². The Bertz CT molecular complexity index is 398. The van der Waals surface area contributed by atoms with E-state index in [4.69, 9.17) is 0 Å². The van der Waals surface area contributed by atoms with E-state index in [1.54, 1.807) is 0 Å². The van der Waals surface area contributed by atoms with Crippen LogP contribution in [0.4, 0.5) is 4.39 Å². The second-order valence-electron chi connectivity index (χ2n) is 4.44. The maximum absolute atomic E-state index is 14.1. The van der Waals surface area contributed by atoms with Gasteiger partial charge in [-0.3, -0.25) is 0 Å². The molecule has 0 saturated heterocycles. The fourth-order valence-corrected chi connectivity index (χ4v) is 1.92. The first kappa shape index (κ1) is 11.2. The van der Waals surface area contributed by atoms with E-state index < -0.39 is 5.67 Å². The van der Waals surface area contributed by atoms with Gasteiger partial charge in [0.1, 0.15) is 0 Å². The van der Waals surface area contributed by atoms with Gasteiger partial charge in [0.05, 0.1) is 0 Å². The SMILES string of the molecule is CCCCC#C[C@@]1(F)CC1c1ccccc1. The van der Waals surface area contributed by atoms with Crippen molar-refractivity contribution in [2.45, 2.75) is 44.2 Å². The number of unbranched alkanes of at least 4 members (excludes halogenated alkanes) is 2. The van der Waals surface area contributed by atoms with Gasteiger partial charge in [-0.15, -0.1) is 0 Å². The standard InChI is InChI=1S/C15H17F/c1-2-3-4-8-11-15(16)12-14(15)13-9-6-5-7-10-13/h5-7,9-10,14H,2-4,12H2,1H3/t14?,15-/m1/s1. The van der Waals surface area contributed by atoms with Crippen molar-refractivity contribution < 1.29 is 4.39 Å². The minimum absolute atomic E-state index is 0.00262. The molecule has 1 saturated carbocycles. The van der Waals surface area contributed by atoms with Crippen LogP contribution in [0.3, 0.4) is 0 Å². The van der Waals surface area contributed by atoms with Gasteiger partial charge in [0.15, 0.2) is 5.67 Å². The van der Waals surface area contributed by atoms with E-state index in [2.05, 4.69) is 18.8 Å². The van der Waals surface area contributed by atoms with Gasteiger partial charge in [0.25, 0.3) is 0 Å². The average Bonchev–Trinajstić information content (AvgIpc) is 2.99. The van der Waals surface area contributed by atoms with Crippen LogP contribution < -0.4 is 0 Å². The van der Waals surface area contributed by atoms with Gasteiger partial charge in [-0.05, 0) is 12.0 Å². The van der Waals surface area contributed by atoms with Crippen molar-refractivity contribution in [2.75, 3.05) is 0 Å². The lowest BCUT2D eigenvalue weighted by Crippen LogP contribution is -1.98. The Hall–Kier alpha value is -1.29. The van der Waals surface area contributed by atoms with Gasteiger partial charge in [0, 0.05) is 18.8 Å². The fraction of sp³-hybridized carbons (Fsp3) is 0.467. The third-order valence-corrected chi connectivity index (χ3v) is 3.05.